The summed E-state index contributed by atoms with van der Waals surface area (Å²) in [6.07, 6.45) is 0.276. The summed E-state index contributed by atoms with van der Waals surface area (Å²) in [5, 5.41) is 0. The molecule has 0 atom stereocenters. The van der Waals surface area contributed by atoms with Gasteiger partial charge in [0.25, 0.3) is 5.91 Å². The van der Waals surface area contributed by atoms with Gasteiger partial charge in [-0.1, -0.05) is 12.1 Å². The molecule has 1 aromatic rings. The van der Waals surface area contributed by atoms with Crippen LogP contribution in [0.1, 0.15) is 20.3 Å². The summed E-state index contributed by atoms with van der Waals surface area (Å²) >= 11 is 0. The van der Waals surface area contributed by atoms with E-state index in [-0.39, 0.29) is 30.7 Å². The van der Waals surface area contributed by atoms with Gasteiger partial charge < -0.3 is 19.4 Å². The van der Waals surface area contributed by atoms with Crippen molar-refractivity contribution in [3.8, 4) is 5.75 Å². The minimum Gasteiger partial charge on any atom is -0.482 e. The maximum absolute atomic E-state index is 12.7. The SMILES string of the molecule is CCN(CC)C(=O)CN1CCN(C(=O)CCN2C(=O)COc3ccccc32)CC1. The lowest BCUT2D eigenvalue weighted by atomic mass is 10.2. The summed E-state index contributed by atoms with van der Waals surface area (Å²) in [5.74, 6) is 0.720. The molecule has 0 aromatic heterocycles. The topological polar surface area (TPSA) is 73.4 Å². The number of para-hydroxylation sites is 2. The normalized spacial score (nSPS) is 17.0. The Morgan fingerprint density at radius 3 is 2.45 bits per heavy atom. The van der Waals surface area contributed by atoms with Gasteiger partial charge in [-0.2, -0.15) is 0 Å². The molecule has 2 aliphatic heterocycles. The lowest BCUT2D eigenvalue weighted by molar-refractivity contribution is -0.134. The predicted octanol–water partition coefficient (Wildman–Crippen LogP) is 0.815. The summed E-state index contributed by atoms with van der Waals surface area (Å²) in [6, 6.07) is 7.38. The number of rotatable bonds is 7. The number of hydrogen-bond acceptors (Lipinski definition) is 5. The summed E-state index contributed by atoms with van der Waals surface area (Å²) in [6.45, 7) is 8.76. The largest absolute Gasteiger partial charge is 0.482 e. The molecule has 0 N–H and O–H groups in total. The van der Waals surface area contributed by atoms with E-state index >= 15 is 0 Å². The van der Waals surface area contributed by atoms with E-state index in [2.05, 4.69) is 4.90 Å². The molecule has 0 unspecified atom stereocenters. The molecule has 3 rings (SSSR count). The molecule has 158 valence electrons. The highest BCUT2D eigenvalue weighted by molar-refractivity contribution is 5.98. The molecule has 8 nitrogen and oxygen atoms in total. The Morgan fingerprint density at radius 1 is 1.07 bits per heavy atom. The van der Waals surface area contributed by atoms with E-state index in [0.717, 1.165) is 18.8 Å². The molecule has 2 aliphatic rings. The van der Waals surface area contributed by atoms with Crippen molar-refractivity contribution in [1.29, 1.82) is 0 Å². The summed E-state index contributed by atoms with van der Waals surface area (Å²) in [5.41, 5.74) is 0.719. The third kappa shape index (κ3) is 5.06. The number of piperazine rings is 1. The van der Waals surface area contributed by atoms with Gasteiger partial charge in [0.2, 0.25) is 11.8 Å². The maximum atomic E-state index is 12.7. The van der Waals surface area contributed by atoms with Crippen molar-refractivity contribution in [1.82, 2.24) is 14.7 Å². The molecule has 1 aromatic carbocycles. The number of carbonyl (C=O) groups excluding carboxylic acids is 3. The number of anilines is 1. The van der Waals surface area contributed by atoms with Crippen LogP contribution in [0.3, 0.4) is 0 Å². The van der Waals surface area contributed by atoms with Gasteiger partial charge in [0, 0.05) is 52.2 Å². The number of ether oxygens (including phenoxy) is 1. The van der Waals surface area contributed by atoms with Gasteiger partial charge in [0.15, 0.2) is 6.61 Å². The van der Waals surface area contributed by atoms with Gasteiger partial charge in [-0.25, -0.2) is 0 Å². The van der Waals surface area contributed by atoms with E-state index in [1.54, 1.807) is 4.90 Å². The fourth-order valence-electron chi connectivity index (χ4n) is 3.79. The van der Waals surface area contributed by atoms with Crippen molar-refractivity contribution >= 4 is 23.4 Å². The smallest absolute Gasteiger partial charge is 0.265 e. The fraction of sp³-hybridized carbons (Fsp3) is 0.571. The number of fused-ring (bicyclic) bond motifs is 1. The first-order valence-electron chi connectivity index (χ1n) is 10.3. The monoisotopic (exact) mass is 402 g/mol. The van der Waals surface area contributed by atoms with E-state index in [1.165, 1.54) is 0 Å². The first-order valence-corrected chi connectivity index (χ1v) is 10.3. The molecule has 29 heavy (non-hydrogen) atoms. The fourth-order valence-corrected chi connectivity index (χ4v) is 3.79. The molecule has 0 radical (unpaired) electrons. The molecule has 3 amide bonds. The van der Waals surface area contributed by atoms with Crippen molar-refractivity contribution in [2.24, 2.45) is 0 Å². The first kappa shape index (κ1) is 21.1. The van der Waals surface area contributed by atoms with Gasteiger partial charge in [0.1, 0.15) is 5.75 Å². The predicted molar refractivity (Wildman–Crippen MR) is 110 cm³/mol. The van der Waals surface area contributed by atoms with Gasteiger partial charge in [-0.3, -0.25) is 19.3 Å². The number of likely N-dealkylation sites (N-methyl/N-ethyl adjacent to an activating group) is 1. The summed E-state index contributed by atoms with van der Waals surface area (Å²) < 4.78 is 5.44. The quantitative estimate of drug-likeness (QED) is 0.675. The molecule has 0 bridgehead atoms. The van der Waals surface area contributed by atoms with E-state index in [9.17, 15) is 14.4 Å². The summed E-state index contributed by atoms with van der Waals surface area (Å²) in [4.78, 5) is 44.5. The minimum atomic E-state index is -0.128. The Labute approximate surface area is 172 Å². The zero-order chi connectivity index (χ0) is 20.8. The van der Waals surface area contributed by atoms with Crippen LogP contribution in [0, 0.1) is 0 Å². The standard InChI is InChI=1S/C21H30N4O4/c1-3-23(4-2)20(27)15-22-11-13-24(14-12-22)19(26)9-10-25-17-7-5-6-8-18(17)29-16-21(25)28/h5-8H,3-4,9-16H2,1-2H3. The van der Waals surface area contributed by atoms with Crippen molar-refractivity contribution < 1.29 is 19.1 Å². The zero-order valence-electron chi connectivity index (χ0n) is 17.3. The zero-order valence-corrected chi connectivity index (χ0v) is 17.3. The van der Waals surface area contributed by atoms with Crippen LogP contribution in [-0.2, 0) is 14.4 Å². The van der Waals surface area contributed by atoms with Gasteiger partial charge >= 0.3 is 0 Å². The summed E-state index contributed by atoms with van der Waals surface area (Å²) in [7, 11) is 0. The average molecular weight is 402 g/mol. The minimum absolute atomic E-state index is 0.00441. The Balaban J connectivity index is 1.47. The maximum Gasteiger partial charge on any atom is 0.265 e. The average Bonchev–Trinajstić information content (AvgIpc) is 2.74. The van der Waals surface area contributed by atoms with Crippen LogP contribution >= 0.6 is 0 Å². The number of nitrogens with zero attached hydrogens (tertiary/aromatic N) is 4. The molecule has 1 saturated heterocycles. The molecular weight excluding hydrogens is 372 g/mol. The van der Waals surface area contributed by atoms with Crippen molar-refractivity contribution in [2.75, 3.05) is 63.9 Å². The number of benzene rings is 1. The molecule has 0 aliphatic carbocycles. The van der Waals surface area contributed by atoms with Crippen LogP contribution in [0.25, 0.3) is 0 Å². The van der Waals surface area contributed by atoms with Crippen LogP contribution in [0.4, 0.5) is 5.69 Å². The lowest BCUT2D eigenvalue weighted by Gasteiger charge is -2.36. The highest BCUT2D eigenvalue weighted by Gasteiger charge is 2.27. The van der Waals surface area contributed by atoms with E-state index in [0.29, 0.717) is 45.0 Å². The van der Waals surface area contributed by atoms with E-state index in [1.807, 2.05) is 47.9 Å². The highest BCUT2D eigenvalue weighted by atomic mass is 16.5. The second-order valence-electron chi connectivity index (χ2n) is 7.27. The number of hydrogen-bond donors (Lipinski definition) is 0. The van der Waals surface area contributed by atoms with Crippen molar-refractivity contribution in [3.05, 3.63) is 24.3 Å². The molecule has 2 heterocycles. The first-order chi connectivity index (χ1) is 14.0. The van der Waals surface area contributed by atoms with Gasteiger partial charge in [-0.15, -0.1) is 0 Å². The van der Waals surface area contributed by atoms with Crippen LogP contribution < -0.4 is 9.64 Å². The van der Waals surface area contributed by atoms with Gasteiger partial charge in [0.05, 0.1) is 12.2 Å². The van der Waals surface area contributed by atoms with Gasteiger partial charge in [-0.05, 0) is 26.0 Å². The second-order valence-corrected chi connectivity index (χ2v) is 7.27. The van der Waals surface area contributed by atoms with Crippen molar-refractivity contribution in [2.45, 2.75) is 20.3 Å². The Hall–Kier alpha value is -2.61. The molecular formula is C21H30N4O4. The number of carbonyl (C=O) groups is 3. The van der Waals surface area contributed by atoms with Crippen LogP contribution in [0.5, 0.6) is 5.75 Å². The van der Waals surface area contributed by atoms with Crippen LogP contribution in [-0.4, -0.2) is 91.4 Å². The molecule has 1 fully saturated rings. The highest BCUT2D eigenvalue weighted by Crippen LogP contribution is 2.31. The third-order valence-corrected chi connectivity index (χ3v) is 5.56. The second kappa shape index (κ2) is 9.73. The van der Waals surface area contributed by atoms with E-state index in [4.69, 9.17) is 4.74 Å². The Morgan fingerprint density at radius 2 is 1.76 bits per heavy atom. The number of amides is 3. The van der Waals surface area contributed by atoms with Crippen LogP contribution in [0.15, 0.2) is 24.3 Å². The Kier molecular flexibility index (Phi) is 7.09. The Bertz CT molecular complexity index is 742. The molecule has 0 saturated carbocycles. The lowest BCUT2D eigenvalue weighted by Crippen LogP contribution is -2.52. The molecule has 8 heteroatoms. The van der Waals surface area contributed by atoms with Crippen LogP contribution in [0.2, 0.25) is 0 Å². The van der Waals surface area contributed by atoms with Crippen molar-refractivity contribution in [3.63, 3.8) is 0 Å². The van der Waals surface area contributed by atoms with E-state index < -0.39 is 0 Å². The molecule has 0 spiro atoms. The third-order valence-electron chi connectivity index (χ3n) is 5.56.